The molecule has 0 saturated heterocycles. The Morgan fingerprint density at radius 3 is 2.38 bits per heavy atom. The summed E-state index contributed by atoms with van der Waals surface area (Å²) in [6, 6.07) is 1.39. The van der Waals surface area contributed by atoms with Crippen molar-refractivity contribution < 1.29 is 9.47 Å². The van der Waals surface area contributed by atoms with E-state index in [0.29, 0.717) is 0 Å². The highest BCUT2D eigenvalue weighted by Crippen LogP contribution is 2.28. The first-order chi connectivity index (χ1) is 6.36. The molecule has 0 spiro atoms. The van der Waals surface area contributed by atoms with Crippen LogP contribution in [0.4, 0.5) is 0 Å². The zero-order chi connectivity index (χ0) is 9.52. The molecule has 0 atom stereocenters. The van der Waals surface area contributed by atoms with Gasteiger partial charge in [-0.15, -0.1) is 0 Å². The van der Waals surface area contributed by atoms with Crippen LogP contribution in [-0.2, 0) is 9.47 Å². The van der Waals surface area contributed by atoms with Gasteiger partial charge in [0, 0.05) is 14.2 Å². The van der Waals surface area contributed by atoms with Gasteiger partial charge in [0.2, 0.25) is 0 Å². The summed E-state index contributed by atoms with van der Waals surface area (Å²) >= 11 is 0. The molecular weight excluding hydrogens is 180 g/mol. The minimum absolute atomic E-state index is 0.153. The molecule has 3 heteroatoms. The van der Waals surface area contributed by atoms with Crippen LogP contribution >= 0.6 is 0 Å². The van der Waals surface area contributed by atoms with Crippen molar-refractivity contribution in [1.82, 2.24) is 0 Å². The average molecular weight is 202 g/mol. The lowest BCUT2D eigenvalue weighted by atomic mass is 10.1. The summed E-state index contributed by atoms with van der Waals surface area (Å²) in [5.74, 6) is 1.18. The van der Waals surface area contributed by atoms with Gasteiger partial charge in [0.05, 0.1) is 9.52 Å². The van der Waals surface area contributed by atoms with Gasteiger partial charge in [-0.3, -0.25) is 0 Å². The summed E-state index contributed by atoms with van der Waals surface area (Å²) in [6.07, 6.45) is 7.29. The van der Waals surface area contributed by atoms with Crippen LogP contribution in [0.25, 0.3) is 0 Å². The molecule has 2 nitrogen and oxygen atoms in total. The molecule has 0 bridgehead atoms. The van der Waals surface area contributed by atoms with Crippen LogP contribution in [0.1, 0.15) is 32.1 Å². The van der Waals surface area contributed by atoms with Crippen LogP contribution in [0.15, 0.2) is 0 Å². The zero-order valence-electron chi connectivity index (χ0n) is 8.92. The monoisotopic (exact) mass is 202 g/mol. The SMILES string of the molecule is COC(OC)[SiH2]CCC1CCCC1. The fraction of sp³-hybridized carbons (Fsp3) is 1.00. The number of hydrogen-bond acceptors (Lipinski definition) is 2. The van der Waals surface area contributed by atoms with E-state index in [1.54, 1.807) is 14.2 Å². The number of hydrogen-bond donors (Lipinski definition) is 0. The molecule has 0 aromatic heterocycles. The lowest BCUT2D eigenvalue weighted by Gasteiger charge is -2.14. The van der Waals surface area contributed by atoms with Gasteiger partial charge >= 0.3 is 0 Å². The van der Waals surface area contributed by atoms with Crippen molar-refractivity contribution in [2.75, 3.05) is 14.2 Å². The Morgan fingerprint density at radius 2 is 1.85 bits per heavy atom. The van der Waals surface area contributed by atoms with Gasteiger partial charge < -0.3 is 9.47 Å². The Bertz CT molecular complexity index is 118. The predicted octanol–water partition coefficient (Wildman–Crippen LogP) is 1.73. The second-order valence-electron chi connectivity index (χ2n) is 3.98. The van der Waals surface area contributed by atoms with Gasteiger partial charge in [-0.25, -0.2) is 0 Å². The Kier molecular flexibility index (Phi) is 5.67. The Balaban J connectivity index is 1.98. The zero-order valence-corrected chi connectivity index (χ0v) is 10.3. The second kappa shape index (κ2) is 6.57. The molecule has 78 valence electrons. The summed E-state index contributed by atoms with van der Waals surface area (Å²) in [4.78, 5) is 0. The maximum atomic E-state index is 5.20. The smallest absolute Gasteiger partial charge is 0.134 e. The fourth-order valence-corrected chi connectivity index (χ4v) is 3.82. The van der Waals surface area contributed by atoms with Crippen LogP contribution in [0.2, 0.25) is 6.04 Å². The summed E-state index contributed by atoms with van der Waals surface area (Å²) in [5.41, 5.74) is 0. The third kappa shape index (κ3) is 4.25. The van der Waals surface area contributed by atoms with Crippen molar-refractivity contribution >= 4 is 9.52 Å². The minimum atomic E-state index is -0.153. The molecule has 0 aromatic carbocycles. The molecule has 0 amide bonds. The minimum Gasteiger partial charge on any atom is -0.360 e. The molecule has 0 aliphatic heterocycles. The Hall–Kier alpha value is 0.137. The van der Waals surface area contributed by atoms with E-state index in [-0.39, 0.29) is 15.4 Å². The maximum absolute atomic E-state index is 5.20. The highest BCUT2D eigenvalue weighted by atomic mass is 28.2. The normalized spacial score (nSPS) is 19.6. The van der Waals surface area contributed by atoms with Crippen LogP contribution in [0.5, 0.6) is 0 Å². The molecule has 0 radical (unpaired) electrons. The summed E-state index contributed by atoms with van der Waals surface area (Å²) in [6.45, 7) is 0. The van der Waals surface area contributed by atoms with E-state index < -0.39 is 0 Å². The number of ether oxygens (including phenoxy) is 2. The highest BCUT2D eigenvalue weighted by Gasteiger charge is 2.15. The third-order valence-electron chi connectivity index (χ3n) is 3.05. The summed E-state index contributed by atoms with van der Waals surface area (Å²) < 4.78 is 10.4. The van der Waals surface area contributed by atoms with Crippen molar-refractivity contribution in [2.24, 2.45) is 5.92 Å². The number of rotatable bonds is 6. The van der Waals surface area contributed by atoms with Crippen LogP contribution in [0, 0.1) is 5.92 Å². The molecule has 0 aromatic rings. The van der Waals surface area contributed by atoms with E-state index in [1.807, 2.05) is 0 Å². The molecule has 1 rings (SSSR count). The first-order valence-electron chi connectivity index (χ1n) is 5.42. The largest absolute Gasteiger partial charge is 0.360 e. The average Bonchev–Trinajstić information content (AvgIpc) is 2.65. The second-order valence-corrected chi connectivity index (χ2v) is 5.93. The van der Waals surface area contributed by atoms with Gasteiger partial charge in [-0.05, 0) is 5.92 Å². The van der Waals surface area contributed by atoms with Crippen LogP contribution in [-0.4, -0.2) is 29.7 Å². The van der Waals surface area contributed by atoms with Gasteiger partial charge in [-0.1, -0.05) is 38.1 Å². The van der Waals surface area contributed by atoms with Crippen molar-refractivity contribution in [2.45, 2.75) is 44.1 Å². The topological polar surface area (TPSA) is 18.5 Å². The highest BCUT2D eigenvalue weighted by molar-refractivity contribution is 6.36. The molecule has 0 heterocycles. The van der Waals surface area contributed by atoms with Crippen molar-refractivity contribution in [3.63, 3.8) is 0 Å². The van der Waals surface area contributed by atoms with Gasteiger partial charge in [0.25, 0.3) is 0 Å². The van der Waals surface area contributed by atoms with Crippen LogP contribution < -0.4 is 0 Å². The number of methoxy groups -OCH3 is 2. The van der Waals surface area contributed by atoms with E-state index in [0.717, 1.165) is 5.92 Å². The van der Waals surface area contributed by atoms with E-state index in [1.165, 1.54) is 38.1 Å². The standard InChI is InChI=1S/C10H22O2Si/c1-11-10(12-2)13-8-7-9-5-3-4-6-9/h9-10H,3-8,13H2,1-2H3. The van der Waals surface area contributed by atoms with E-state index >= 15 is 0 Å². The molecule has 1 aliphatic rings. The van der Waals surface area contributed by atoms with Crippen molar-refractivity contribution in [1.29, 1.82) is 0 Å². The predicted molar refractivity (Wildman–Crippen MR) is 57.7 cm³/mol. The molecular formula is C10H22O2Si. The van der Waals surface area contributed by atoms with Crippen molar-refractivity contribution in [3.05, 3.63) is 0 Å². The molecule has 1 fully saturated rings. The van der Waals surface area contributed by atoms with E-state index in [9.17, 15) is 0 Å². The van der Waals surface area contributed by atoms with Crippen LogP contribution in [0.3, 0.4) is 0 Å². The quantitative estimate of drug-likeness (QED) is 0.482. The lowest BCUT2D eigenvalue weighted by molar-refractivity contribution is -0.0441. The molecule has 0 unspecified atom stereocenters. The fourth-order valence-electron chi connectivity index (χ4n) is 2.20. The molecule has 0 N–H and O–H groups in total. The van der Waals surface area contributed by atoms with E-state index in [2.05, 4.69) is 0 Å². The molecule has 1 saturated carbocycles. The Morgan fingerprint density at radius 1 is 1.23 bits per heavy atom. The van der Waals surface area contributed by atoms with Gasteiger partial charge in [-0.2, -0.15) is 0 Å². The molecule has 13 heavy (non-hydrogen) atoms. The van der Waals surface area contributed by atoms with Gasteiger partial charge in [0.15, 0.2) is 0 Å². The lowest BCUT2D eigenvalue weighted by Crippen LogP contribution is -2.21. The first kappa shape index (κ1) is 11.2. The van der Waals surface area contributed by atoms with Gasteiger partial charge in [0.1, 0.15) is 5.91 Å². The molecule has 1 aliphatic carbocycles. The van der Waals surface area contributed by atoms with Crippen molar-refractivity contribution in [3.8, 4) is 0 Å². The third-order valence-corrected chi connectivity index (χ3v) is 5.01. The first-order valence-corrected chi connectivity index (χ1v) is 7.24. The Labute approximate surface area is 83.8 Å². The van der Waals surface area contributed by atoms with E-state index in [4.69, 9.17) is 9.47 Å². The summed E-state index contributed by atoms with van der Waals surface area (Å²) in [5, 5.41) is 0. The maximum Gasteiger partial charge on any atom is 0.134 e. The summed E-state index contributed by atoms with van der Waals surface area (Å²) in [7, 11) is 3.34.